The molecule has 2 aromatic heterocycles. The second-order valence-corrected chi connectivity index (χ2v) is 11.4. The number of aryl methyl sites for hydroxylation is 1. The summed E-state index contributed by atoms with van der Waals surface area (Å²) in [6, 6.07) is 6.00. The van der Waals surface area contributed by atoms with E-state index in [1.807, 2.05) is 13.8 Å². The zero-order valence-corrected chi connectivity index (χ0v) is 19.6. The third-order valence-corrected chi connectivity index (χ3v) is 8.21. The van der Waals surface area contributed by atoms with Crippen molar-refractivity contribution < 1.29 is 17.2 Å². The lowest BCUT2D eigenvalue weighted by molar-refractivity contribution is 0.517. The number of halogens is 2. The van der Waals surface area contributed by atoms with Gasteiger partial charge in [-0.15, -0.1) is 10.2 Å². The molecular formula is C23H22F2N6O2S. The molecule has 1 aliphatic carbocycles. The molecule has 3 heterocycles. The van der Waals surface area contributed by atoms with Gasteiger partial charge in [0.05, 0.1) is 34.3 Å². The molecule has 1 N–H and O–H groups in total. The first-order valence-corrected chi connectivity index (χ1v) is 12.6. The standard InChI is InChI=1S/C23H22F2N6O2S/c1-12-28-29-22-23(2,3)27-17-9-16(24)19(20(25)21(17)30(12)22)14-5-4-6-18-15(14)10-26-31(18)34(32,33)11-13-7-8-13/h4-6,9-10,13,27H,7-8,11H2,1-3H3. The number of benzene rings is 2. The molecule has 0 unspecified atom stereocenters. The van der Waals surface area contributed by atoms with Gasteiger partial charge >= 0.3 is 0 Å². The third kappa shape index (κ3) is 2.99. The number of hydrogen-bond donors (Lipinski definition) is 1. The molecule has 0 amide bonds. The number of nitrogens with one attached hydrogen (secondary N) is 1. The fraction of sp³-hybridized carbons (Fsp3) is 0.348. The van der Waals surface area contributed by atoms with Crippen LogP contribution in [0.4, 0.5) is 14.5 Å². The van der Waals surface area contributed by atoms with Crippen molar-refractivity contribution in [1.82, 2.24) is 24.0 Å². The van der Waals surface area contributed by atoms with Crippen LogP contribution in [0.15, 0.2) is 30.5 Å². The fourth-order valence-electron chi connectivity index (χ4n) is 4.72. The van der Waals surface area contributed by atoms with E-state index in [1.165, 1.54) is 12.3 Å². The summed E-state index contributed by atoms with van der Waals surface area (Å²) < 4.78 is 59.9. The predicted octanol–water partition coefficient (Wildman–Crippen LogP) is 4.12. The second-order valence-electron chi connectivity index (χ2n) is 9.55. The predicted molar refractivity (Wildman–Crippen MR) is 123 cm³/mol. The van der Waals surface area contributed by atoms with Crippen LogP contribution >= 0.6 is 0 Å². The van der Waals surface area contributed by atoms with E-state index in [4.69, 9.17) is 0 Å². The average Bonchev–Trinajstić information content (AvgIpc) is 3.28. The summed E-state index contributed by atoms with van der Waals surface area (Å²) in [5.41, 5.74) is -0.0291. The fourth-order valence-corrected chi connectivity index (χ4v) is 6.44. The first kappa shape index (κ1) is 21.2. The molecule has 1 saturated carbocycles. The smallest absolute Gasteiger partial charge is 0.254 e. The molecule has 0 bridgehead atoms. The molecular weight excluding hydrogens is 462 g/mol. The van der Waals surface area contributed by atoms with Crippen LogP contribution in [-0.4, -0.2) is 38.1 Å². The summed E-state index contributed by atoms with van der Waals surface area (Å²) in [6.07, 6.45) is 3.11. The zero-order valence-electron chi connectivity index (χ0n) is 18.8. The quantitative estimate of drug-likeness (QED) is 0.468. The normalized spacial score (nSPS) is 16.9. The van der Waals surface area contributed by atoms with Crippen molar-refractivity contribution in [3.8, 4) is 16.8 Å². The Hall–Kier alpha value is -3.34. The lowest BCUT2D eigenvalue weighted by Crippen LogP contribution is -2.36. The van der Waals surface area contributed by atoms with E-state index in [2.05, 4.69) is 20.6 Å². The number of anilines is 1. The van der Waals surface area contributed by atoms with Gasteiger partial charge in [-0.25, -0.2) is 17.2 Å². The summed E-state index contributed by atoms with van der Waals surface area (Å²) in [6.45, 7) is 5.42. The van der Waals surface area contributed by atoms with Gasteiger partial charge in [0, 0.05) is 11.5 Å². The van der Waals surface area contributed by atoms with E-state index in [0.29, 0.717) is 17.0 Å². The molecule has 1 fully saturated rings. The van der Waals surface area contributed by atoms with E-state index >= 15 is 8.78 Å². The molecule has 0 radical (unpaired) electrons. The summed E-state index contributed by atoms with van der Waals surface area (Å²) in [7, 11) is -3.68. The van der Waals surface area contributed by atoms with Crippen molar-refractivity contribution in [2.24, 2.45) is 5.92 Å². The van der Waals surface area contributed by atoms with E-state index in [-0.39, 0.29) is 39.7 Å². The lowest BCUT2D eigenvalue weighted by Gasteiger charge is -2.34. The Morgan fingerprint density at radius 1 is 1.21 bits per heavy atom. The van der Waals surface area contributed by atoms with Crippen molar-refractivity contribution in [2.45, 2.75) is 39.2 Å². The molecule has 176 valence electrons. The maximum absolute atomic E-state index is 16.1. The van der Waals surface area contributed by atoms with Gasteiger partial charge < -0.3 is 5.32 Å². The van der Waals surface area contributed by atoms with Crippen LogP contribution in [0.25, 0.3) is 27.7 Å². The molecule has 6 rings (SSSR count). The molecule has 2 aliphatic rings. The van der Waals surface area contributed by atoms with Gasteiger partial charge in [0.15, 0.2) is 11.6 Å². The molecule has 1 aliphatic heterocycles. The topological polar surface area (TPSA) is 94.7 Å². The summed E-state index contributed by atoms with van der Waals surface area (Å²) in [4.78, 5) is 0. The number of aromatic nitrogens is 5. The summed E-state index contributed by atoms with van der Waals surface area (Å²) >= 11 is 0. The largest absolute Gasteiger partial charge is 0.371 e. The Bertz CT molecular complexity index is 1600. The second kappa shape index (κ2) is 6.84. The van der Waals surface area contributed by atoms with Crippen molar-refractivity contribution in [3.05, 3.63) is 53.7 Å². The van der Waals surface area contributed by atoms with Crippen LogP contribution in [-0.2, 0) is 15.6 Å². The highest BCUT2D eigenvalue weighted by Gasteiger charge is 2.37. The van der Waals surface area contributed by atoms with Gasteiger partial charge in [-0.3, -0.25) is 4.57 Å². The summed E-state index contributed by atoms with van der Waals surface area (Å²) in [5, 5.41) is 15.9. The van der Waals surface area contributed by atoms with E-state index in [9.17, 15) is 8.42 Å². The number of hydrogen-bond acceptors (Lipinski definition) is 6. The Morgan fingerprint density at radius 3 is 2.71 bits per heavy atom. The third-order valence-electron chi connectivity index (χ3n) is 6.50. The SMILES string of the molecule is Cc1nnc2n1-c1c(cc(F)c(-c3cccc4c3cnn4S(=O)(=O)CC3CC3)c1F)NC2(C)C. The maximum Gasteiger partial charge on any atom is 0.254 e. The van der Waals surface area contributed by atoms with Crippen molar-refractivity contribution in [2.75, 3.05) is 11.1 Å². The van der Waals surface area contributed by atoms with Crippen molar-refractivity contribution in [1.29, 1.82) is 0 Å². The van der Waals surface area contributed by atoms with Crippen LogP contribution < -0.4 is 5.32 Å². The summed E-state index contributed by atoms with van der Waals surface area (Å²) in [5.74, 6) is -0.433. The van der Waals surface area contributed by atoms with Gasteiger partial charge in [-0.2, -0.15) is 9.19 Å². The number of nitrogens with zero attached hydrogens (tertiary/aromatic N) is 5. The van der Waals surface area contributed by atoms with Crippen LogP contribution in [0.5, 0.6) is 0 Å². The van der Waals surface area contributed by atoms with Gasteiger partial charge in [0.25, 0.3) is 10.0 Å². The number of rotatable bonds is 4. The molecule has 11 heteroatoms. The minimum Gasteiger partial charge on any atom is -0.371 e. The highest BCUT2D eigenvalue weighted by molar-refractivity contribution is 7.90. The first-order valence-electron chi connectivity index (χ1n) is 11.0. The van der Waals surface area contributed by atoms with Gasteiger partial charge in [-0.05, 0) is 51.2 Å². The number of fused-ring (bicyclic) bond motifs is 4. The highest BCUT2D eigenvalue weighted by Crippen LogP contribution is 2.43. The van der Waals surface area contributed by atoms with Crippen molar-refractivity contribution >= 4 is 26.6 Å². The molecule has 0 spiro atoms. The Morgan fingerprint density at radius 2 is 1.97 bits per heavy atom. The Balaban J connectivity index is 1.58. The molecule has 0 saturated heterocycles. The van der Waals surface area contributed by atoms with Gasteiger partial charge in [0.2, 0.25) is 0 Å². The lowest BCUT2D eigenvalue weighted by atomic mass is 9.95. The molecule has 4 aromatic rings. The van der Waals surface area contributed by atoms with E-state index < -0.39 is 27.2 Å². The minimum absolute atomic E-state index is 0.00666. The van der Waals surface area contributed by atoms with Crippen molar-refractivity contribution in [3.63, 3.8) is 0 Å². The van der Waals surface area contributed by atoms with E-state index in [1.54, 1.807) is 29.7 Å². The Labute approximate surface area is 194 Å². The zero-order chi connectivity index (χ0) is 24.0. The molecule has 34 heavy (non-hydrogen) atoms. The van der Waals surface area contributed by atoms with E-state index in [0.717, 1.165) is 16.9 Å². The molecule has 0 atom stereocenters. The van der Waals surface area contributed by atoms with Crippen LogP contribution in [0.1, 0.15) is 38.3 Å². The first-order chi connectivity index (χ1) is 16.1. The highest BCUT2D eigenvalue weighted by atomic mass is 32.2. The van der Waals surface area contributed by atoms with Gasteiger partial charge in [0.1, 0.15) is 17.3 Å². The maximum atomic E-state index is 16.1. The minimum atomic E-state index is -3.68. The van der Waals surface area contributed by atoms with Crippen LogP contribution in [0.3, 0.4) is 0 Å². The Kier molecular flexibility index (Phi) is 4.27. The molecule has 2 aromatic carbocycles. The molecule has 8 nitrogen and oxygen atoms in total. The van der Waals surface area contributed by atoms with Crippen LogP contribution in [0.2, 0.25) is 0 Å². The monoisotopic (exact) mass is 484 g/mol. The van der Waals surface area contributed by atoms with Crippen LogP contribution in [0, 0.1) is 24.5 Å². The van der Waals surface area contributed by atoms with Gasteiger partial charge in [-0.1, -0.05) is 12.1 Å². The average molecular weight is 485 g/mol.